The second kappa shape index (κ2) is 7.55. The van der Waals surface area contributed by atoms with Crippen molar-refractivity contribution in [2.75, 3.05) is 24.4 Å². The Morgan fingerprint density at radius 3 is 2.41 bits per heavy atom. The van der Waals surface area contributed by atoms with Gasteiger partial charge in [0.1, 0.15) is 5.75 Å². The van der Waals surface area contributed by atoms with Crippen molar-refractivity contribution in [2.45, 2.75) is 36.9 Å². The number of anilines is 1. The van der Waals surface area contributed by atoms with Gasteiger partial charge in [-0.1, -0.05) is 0 Å². The summed E-state index contributed by atoms with van der Waals surface area (Å²) in [6.07, 6.45) is -2.75. The lowest BCUT2D eigenvalue weighted by Gasteiger charge is -2.20. The number of sulfonamides is 1. The Morgan fingerprint density at radius 1 is 1.19 bits per heavy atom. The summed E-state index contributed by atoms with van der Waals surface area (Å²) < 4.78 is 67.6. The first kappa shape index (κ1) is 19.7. The van der Waals surface area contributed by atoms with Gasteiger partial charge in [0.2, 0.25) is 15.9 Å². The van der Waals surface area contributed by atoms with Gasteiger partial charge in [0, 0.05) is 25.3 Å². The summed E-state index contributed by atoms with van der Waals surface area (Å²) in [5.74, 6) is -0.525. The number of rotatable bonds is 5. The van der Waals surface area contributed by atoms with Crippen LogP contribution in [0.25, 0.3) is 0 Å². The average Bonchev–Trinajstić information content (AvgIpc) is 3.26. The van der Waals surface area contributed by atoms with Gasteiger partial charge in [-0.3, -0.25) is 9.52 Å². The number of ether oxygens (including phenoxy) is 1. The minimum atomic E-state index is -4.81. The van der Waals surface area contributed by atoms with E-state index in [0.717, 1.165) is 25.0 Å². The monoisotopic (exact) mass is 407 g/mol. The van der Waals surface area contributed by atoms with Gasteiger partial charge in [-0.05, 0) is 43.5 Å². The number of halogens is 3. The normalized spacial score (nSPS) is 23.4. The van der Waals surface area contributed by atoms with E-state index in [2.05, 4.69) is 14.8 Å². The van der Waals surface area contributed by atoms with Crippen molar-refractivity contribution in [2.24, 2.45) is 0 Å². The van der Waals surface area contributed by atoms with Gasteiger partial charge in [-0.15, -0.1) is 13.2 Å². The highest BCUT2D eigenvalue weighted by molar-refractivity contribution is 7.93. The molecule has 2 unspecified atom stereocenters. The summed E-state index contributed by atoms with van der Waals surface area (Å²) in [5.41, 5.74) is 0.124. The number of amides is 1. The molecule has 0 spiro atoms. The molecule has 1 aromatic carbocycles. The summed E-state index contributed by atoms with van der Waals surface area (Å²) in [7, 11) is -3.80. The van der Waals surface area contributed by atoms with Crippen LogP contribution in [0.4, 0.5) is 18.9 Å². The van der Waals surface area contributed by atoms with Crippen LogP contribution in [0.15, 0.2) is 24.3 Å². The Labute approximate surface area is 154 Å². The average molecular weight is 407 g/mol. The van der Waals surface area contributed by atoms with Crippen molar-refractivity contribution < 1.29 is 31.1 Å². The van der Waals surface area contributed by atoms with Crippen molar-refractivity contribution in [1.29, 1.82) is 0 Å². The quantitative estimate of drug-likeness (QED) is 0.776. The Hall–Kier alpha value is -2.01. The third-order valence-corrected chi connectivity index (χ3v) is 6.35. The van der Waals surface area contributed by atoms with Crippen LogP contribution in [0.5, 0.6) is 5.75 Å². The molecule has 0 bridgehead atoms. The minimum Gasteiger partial charge on any atom is -0.406 e. The molecule has 2 N–H and O–H groups in total. The summed E-state index contributed by atoms with van der Waals surface area (Å²) in [6, 6.07) is 3.89. The zero-order chi connectivity index (χ0) is 19.7. The van der Waals surface area contributed by atoms with E-state index < -0.39 is 33.4 Å². The molecule has 7 nitrogen and oxygen atoms in total. The highest BCUT2D eigenvalue weighted by Gasteiger charge is 2.39. The topological polar surface area (TPSA) is 87.7 Å². The molecule has 2 atom stereocenters. The van der Waals surface area contributed by atoms with E-state index in [1.807, 2.05) is 0 Å². The predicted octanol–water partition coefficient (Wildman–Crippen LogP) is 1.68. The molecule has 1 amide bonds. The lowest BCUT2D eigenvalue weighted by Crippen LogP contribution is -2.42. The number of carbonyl (C=O) groups excluding carboxylic acids is 1. The van der Waals surface area contributed by atoms with Crippen LogP contribution in [0.1, 0.15) is 19.3 Å². The summed E-state index contributed by atoms with van der Waals surface area (Å²) in [4.78, 5) is 14.1. The number of alkyl halides is 3. The van der Waals surface area contributed by atoms with Crippen LogP contribution < -0.4 is 14.8 Å². The molecule has 2 heterocycles. The van der Waals surface area contributed by atoms with Crippen molar-refractivity contribution in [3.05, 3.63) is 24.3 Å². The molecule has 11 heteroatoms. The molecule has 2 fully saturated rings. The van der Waals surface area contributed by atoms with Crippen LogP contribution in [-0.2, 0) is 14.8 Å². The zero-order valence-electron chi connectivity index (χ0n) is 14.3. The van der Waals surface area contributed by atoms with E-state index in [-0.39, 0.29) is 24.6 Å². The molecule has 3 rings (SSSR count). The fourth-order valence-electron chi connectivity index (χ4n) is 3.26. The summed E-state index contributed by atoms with van der Waals surface area (Å²) in [6.45, 7) is 1.52. The van der Waals surface area contributed by atoms with Gasteiger partial charge >= 0.3 is 6.36 Å². The second-order valence-electron chi connectivity index (χ2n) is 6.57. The number of hydrogen-bond acceptors (Lipinski definition) is 5. The fraction of sp³-hybridized carbons (Fsp3) is 0.562. The molecule has 0 aliphatic carbocycles. The second-order valence-corrected chi connectivity index (χ2v) is 8.53. The number of nitrogens with zero attached hydrogens (tertiary/aromatic N) is 1. The molecular weight excluding hydrogens is 387 g/mol. The molecule has 1 aromatic rings. The van der Waals surface area contributed by atoms with E-state index in [4.69, 9.17) is 0 Å². The van der Waals surface area contributed by atoms with Crippen molar-refractivity contribution in [3.63, 3.8) is 0 Å². The number of benzene rings is 1. The molecule has 2 aliphatic rings. The lowest BCUT2D eigenvalue weighted by molar-refractivity contribution is -0.274. The van der Waals surface area contributed by atoms with E-state index in [1.54, 1.807) is 4.90 Å². The van der Waals surface area contributed by atoms with Crippen molar-refractivity contribution in [3.8, 4) is 5.75 Å². The number of hydrogen-bond donors (Lipinski definition) is 2. The standard InChI is InChI=1S/C16H20F3N3O4S/c17-16(18,19)26-12-5-3-11(4-6-12)21-27(24,25)13-9-14(20-10-13)15(23)22-7-1-2-8-22/h3-6,13-14,20-21H,1-2,7-10H2. The maximum Gasteiger partial charge on any atom is 0.573 e. The van der Waals surface area contributed by atoms with E-state index in [1.165, 1.54) is 12.1 Å². The van der Waals surface area contributed by atoms with Crippen LogP contribution >= 0.6 is 0 Å². The Bertz CT molecular complexity index is 777. The van der Waals surface area contributed by atoms with Crippen LogP contribution in [0.3, 0.4) is 0 Å². The maximum atomic E-state index is 12.5. The van der Waals surface area contributed by atoms with Crippen LogP contribution in [-0.4, -0.2) is 56.5 Å². The molecule has 150 valence electrons. The van der Waals surface area contributed by atoms with Gasteiger partial charge in [0.05, 0.1) is 11.3 Å². The Morgan fingerprint density at radius 2 is 1.81 bits per heavy atom. The van der Waals surface area contributed by atoms with Gasteiger partial charge in [-0.2, -0.15) is 0 Å². The molecule has 2 saturated heterocycles. The molecular formula is C16H20F3N3O4S. The third-order valence-electron chi connectivity index (χ3n) is 4.59. The van der Waals surface area contributed by atoms with Crippen molar-refractivity contribution in [1.82, 2.24) is 10.2 Å². The molecule has 27 heavy (non-hydrogen) atoms. The SMILES string of the molecule is O=C(C1CC(S(=O)(=O)Nc2ccc(OC(F)(F)F)cc2)CN1)N1CCCC1. The number of carbonyl (C=O) groups is 1. The first-order valence-corrected chi connectivity index (χ1v) is 10.1. The maximum absolute atomic E-state index is 12.5. The zero-order valence-corrected chi connectivity index (χ0v) is 15.1. The number of likely N-dealkylation sites (tertiary alicyclic amines) is 1. The smallest absolute Gasteiger partial charge is 0.406 e. The highest BCUT2D eigenvalue weighted by atomic mass is 32.2. The number of nitrogens with one attached hydrogen (secondary N) is 2. The minimum absolute atomic E-state index is 0.0844. The van der Waals surface area contributed by atoms with Crippen LogP contribution in [0, 0.1) is 0 Å². The first-order valence-electron chi connectivity index (χ1n) is 8.54. The van der Waals surface area contributed by atoms with Crippen molar-refractivity contribution >= 4 is 21.6 Å². The van der Waals surface area contributed by atoms with E-state index in [0.29, 0.717) is 13.1 Å². The van der Waals surface area contributed by atoms with Gasteiger partial charge in [0.15, 0.2) is 0 Å². The van der Waals surface area contributed by atoms with Gasteiger partial charge < -0.3 is 15.0 Å². The third kappa shape index (κ3) is 5.04. The first-order chi connectivity index (χ1) is 12.6. The lowest BCUT2D eigenvalue weighted by atomic mass is 10.2. The molecule has 0 saturated carbocycles. The van der Waals surface area contributed by atoms with E-state index >= 15 is 0 Å². The molecule has 0 radical (unpaired) electrons. The Kier molecular flexibility index (Phi) is 5.52. The summed E-state index contributed by atoms with van der Waals surface area (Å²) >= 11 is 0. The molecule has 0 aromatic heterocycles. The predicted molar refractivity (Wildman–Crippen MR) is 91.7 cm³/mol. The summed E-state index contributed by atoms with van der Waals surface area (Å²) in [5, 5.41) is 2.15. The molecule has 2 aliphatic heterocycles. The van der Waals surface area contributed by atoms with Gasteiger partial charge in [-0.25, -0.2) is 8.42 Å². The van der Waals surface area contributed by atoms with Crippen LogP contribution in [0.2, 0.25) is 0 Å². The van der Waals surface area contributed by atoms with E-state index in [9.17, 15) is 26.4 Å². The largest absolute Gasteiger partial charge is 0.573 e. The highest BCUT2D eigenvalue weighted by Crippen LogP contribution is 2.25. The van der Waals surface area contributed by atoms with Gasteiger partial charge in [0.25, 0.3) is 0 Å². The fourth-order valence-corrected chi connectivity index (χ4v) is 4.65. The Balaban J connectivity index is 1.59.